The number of nitrogens with one attached hydrogen (secondary N) is 2. The third-order valence-electron chi connectivity index (χ3n) is 4.34. The van der Waals surface area contributed by atoms with E-state index in [2.05, 4.69) is 5.32 Å². The lowest BCUT2D eigenvalue weighted by Crippen LogP contribution is -2.45. The first-order valence-corrected chi connectivity index (χ1v) is 11.3. The zero-order valence-electron chi connectivity index (χ0n) is 17.2. The summed E-state index contributed by atoms with van der Waals surface area (Å²) in [5.41, 5.74) is -5.77. The lowest BCUT2D eigenvalue weighted by Gasteiger charge is -2.22. The number of halogens is 4. The van der Waals surface area contributed by atoms with E-state index < -0.39 is 61.0 Å². The Hall–Kier alpha value is -3.23. The average Bonchev–Trinajstić information content (AvgIpc) is 2.72. The van der Waals surface area contributed by atoms with Crippen LogP contribution in [0.15, 0.2) is 47.4 Å². The summed E-state index contributed by atoms with van der Waals surface area (Å²) in [4.78, 5) is 33.0. The van der Waals surface area contributed by atoms with Crippen molar-refractivity contribution < 1.29 is 41.2 Å². The van der Waals surface area contributed by atoms with Crippen molar-refractivity contribution in [2.75, 3.05) is 22.3 Å². The Morgan fingerprint density at radius 1 is 1.09 bits per heavy atom. The Bertz CT molecular complexity index is 1220. The summed E-state index contributed by atoms with van der Waals surface area (Å²) in [5.74, 6) is -3.35. The Balaban J connectivity index is 2.22. The molecule has 0 aliphatic carbocycles. The van der Waals surface area contributed by atoms with Gasteiger partial charge in [0, 0.05) is 17.4 Å². The van der Waals surface area contributed by atoms with E-state index in [1.807, 2.05) is 5.32 Å². The van der Waals surface area contributed by atoms with Crippen LogP contribution in [0.5, 0.6) is 0 Å². The van der Waals surface area contributed by atoms with Crippen LogP contribution in [-0.4, -0.2) is 47.5 Å². The third-order valence-corrected chi connectivity index (χ3v) is 6.51. The molecule has 0 aliphatic heterocycles. The number of sulfone groups is 1. The van der Waals surface area contributed by atoms with Gasteiger partial charge in [0.25, 0.3) is 11.6 Å². The van der Waals surface area contributed by atoms with E-state index in [0.29, 0.717) is 12.1 Å². The summed E-state index contributed by atoms with van der Waals surface area (Å²) < 4.78 is 64.6. The van der Waals surface area contributed by atoms with E-state index in [1.54, 1.807) is 0 Å². The molecule has 0 unspecified atom stereocenters. The minimum atomic E-state index is -5.11. The molecule has 0 bridgehead atoms. The van der Waals surface area contributed by atoms with Crippen molar-refractivity contribution in [1.82, 2.24) is 0 Å². The van der Waals surface area contributed by atoms with Crippen molar-refractivity contribution in [2.45, 2.75) is 23.6 Å². The van der Waals surface area contributed by atoms with Crippen molar-refractivity contribution in [2.24, 2.45) is 0 Å². The number of hydrogen-bond acceptors (Lipinski definition) is 7. The van der Waals surface area contributed by atoms with Gasteiger partial charge in [0.15, 0.2) is 15.4 Å². The lowest BCUT2D eigenvalue weighted by molar-refractivity contribution is -0.388. The second-order valence-electron chi connectivity index (χ2n) is 7.18. The first kappa shape index (κ1) is 27.0. The van der Waals surface area contributed by atoms with Crippen molar-refractivity contribution in [3.8, 4) is 0 Å². The van der Waals surface area contributed by atoms with Gasteiger partial charge in [-0.05, 0) is 43.3 Å². The molecule has 34 heavy (non-hydrogen) atoms. The van der Waals surface area contributed by atoms with Gasteiger partial charge in [0.1, 0.15) is 11.4 Å². The summed E-state index contributed by atoms with van der Waals surface area (Å²) in [6.07, 6.45) is -5.11. The van der Waals surface area contributed by atoms with Crippen molar-refractivity contribution in [3.63, 3.8) is 0 Å². The molecule has 2 rings (SSSR count). The van der Waals surface area contributed by atoms with Gasteiger partial charge < -0.3 is 15.7 Å². The molecule has 0 saturated heterocycles. The second-order valence-corrected chi connectivity index (χ2v) is 9.44. The van der Waals surface area contributed by atoms with Crippen molar-refractivity contribution in [1.29, 1.82) is 0 Å². The molecule has 2 aromatic carbocycles. The van der Waals surface area contributed by atoms with Crippen LogP contribution < -0.4 is 10.6 Å². The average molecular weight is 524 g/mol. The maximum Gasteiger partial charge on any atom is 0.423 e. The van der Waals surface area contributed by atoms with Crippen LogP contribution in [-0.2, 0) is 25.6 Å². The fourth-order valence-electron chi connectivity index (χ4n) is 2.72. The predicted octanol–water partition coefficient (Wildman–Crippen LogP) is 2.95. The van der Waals surface area contributed by atoms with Gasteiger partial charge >= 0.3 is 6.18 Å². The van der Waals surface area contributed by atoms with Crippen LogP contribution >= 0.6 is 11.6 Å². The molecule has 15 heteroatoms. The van der Waals surface area contributed by atoms with Gasteiger partial charge in [-0.15, -0.1) is 11.6 Å². The largest absolute Gasteiger partial charge is 0.423 e. The summed E-state index contributed by atoms with van der Waals surface area (Å²) in [5, 5.41) is 25.6. The smallest absolute Gasteiger partial charge is 0.379 e. The molecule has 2 aromatic rings. The number of nitrogens with zero attached hydrogens (tertiary/aromatic N) is 1. The molecule has 0 spiro atoms. The lowest BCUT2D eigenvalue weighted by atomic mass is 10.1. The quantitative estimate of drug-likeness (QED) is 0.273. The highest BCUT2D eigenvalue weighted by Gasteiger charge is 2.40. The molecule has 1 atom stereocenters. The number of anilines is 2. The molecule has 10 nitrogen and oxygen atoms in total. The highest BCUT2D eigenvalue weighted by molar-refractivity contribution is 7.91. The number of carbonyl (C=O) groups excluding carboxylic acids is 2. The van der Waals surface area contributed by atoms with Crippen LogP contribution in [0.1, 0.15) is 12.5 Å². The second kappa shape index (κ2) is 9.95. The maximum atomic E-state index is 13.1. The van der Waals surface area contributed by atoms with Gasteiger partial charge in [-0.1, -0.05) is 0 Å². The molecule has 0 aliphatic rings. The van der Waals surface area contributed by atoms with E-state index in [9.17, 15) is 46.4 Å². The first-order chi connectivity index (χ1) is 15.6. The molecule has 0 radical (unpaired) electrons. The summed E-state index contributed by atoms with van der Waals surface area (Å²) in [6, 6.07) is 6.36. The van der Waals surface area contributed by atoms with Crippen LogP contribution in [0, 0.1) is 10.1 Å². The van der Waals surface area contributed by atoms with E-state index >= 15 is 0 Å². The van der Waals surface area contributed by atoms with Crippen molar-refractivity contribution >= 4 is 50.3 Å². The van der Waals surface area contributed by atoms with Gasteiger partial charge in [-0.25, -0.2) is 8.42 Å². The number of nitro benzene ring substituents is 1. The zero-order chi connectivity index (χ0) is 25.9. The zero-order valence-corrected chi connectivity index (χ0v) is 18.8. The first-order valence-electron chi connectivity index (χ1n) is 9.15. The number of carbonyl (C=O) groups is 2. The Kier molecular flexibility index (Phi) is 7.90. The summed E-state index contributed by atoms with van der Waals surface area (Å²) in [6.45, 7) is 0.838. The molecule has 0 fully saturated rings. The molecular formula is C19H17ClF3N3O7S. The fraction of sp³-hybridized carbons (Fsp3) is 0.263. The van der Waals surface area contributed by atoms with Gasteiger partial charge in [0.05, 0.1) is 15.6 Å². The molecule has 3 N–H and O–H groups in total. The van der Waals surface area contributed by atoms with Crippen LogP contribution in [0.2, 0.25) is 0 Å². The van der Waals surface area contributed by atoms with Gasteiger partial charge in [-0.2, -0.15) is 13.2 Å². The highest BCUT2D eigenvalue weighted by Crippen LogP contribution is 2.37. The number of amides is 2. The van der Waals surface area contributed by atoms with Crippen LogP contribution in [0.3, 0.4) is 0 Å². The van der Waals surface area contributed by atoms with Gasteiger partial charge in [-0.3, -0.25) is 19.7 Å². The Morgan fingerprint density at radius 2 is 1.65 bits per heavy atom. The van der Waals surface area contributed by atoms with Crippen LogP contribution in [0.4, 0.5) is 30.2 Å². The van der Waals surface area contributed by atoms with E-state index in [0.717, 1.165) is 25.1 Å². The fourth-order valence-corrected chi connectivity index (χ4v) is 4.38. The number of rotatable bonds is 8. The Labute approximate surface area is 195 Å². The molecule has 0 heterocycles. The molecule has 184 valence electrons. The van der Waals surface area contributed by atoms with Crippen molar-refractivity contribution in [3.05, 3.63) is 58.1 Å². The predicted molar refractivity (Wildman–Crippen MR) is 115 cm³/mol. The normalized spacial score (nSPS) is 13.6. The number of nitro groups is 1. The molecule has 0 saturated carbocycles. The Morgan fingerprint density at radius 3 is 2.15 bits per heavy atom. The van der Waals surface area contributed by atoms with Crippen LogP contribution in [0.25, 0.3) is 0 Å². The molecule has 0 aromatic heterocycles. The number of aliphatic hydroxyl groups is 1. The SMILES string of the molecule is C[C@](O)(CS(=O)(=O)c1ccc(NC(=O)CCl)cc1)C(=O)Nc1ccc([N+](=O)[O-])c(C(F)(F)F)c1. The number of alkyl halides is 4. The summed E-state index contributed by atoms with van der Waals surface area (Å²) >= 11 is 5.36. The third kappa shape index (κ3) is 6.65. The summed E-state index contributed by atoms with van der Waals surface area (Å²) in [7, 11) is -4.27. The van der Waals surface area contributed by atoms with E-state index in [-0.39, 0.29) is 16.5 Å². The monoisotopic (exact) mass is 523 g/mol. The minimum Gasteiger partial charge on any atom is -0.379 e. The molecule has 2 amide bonds. The molecular weight excluding hydrogens is 507 g/mol. The minimum absolute atomic E-state index is 0.243. The standard InChI is InChI=1S/C19H17ClF3N3O7S/c1-18(29,10-34(32,33)13-5-2-11(3-6-13)24-16(27)9-20)17(28)25-12-4-7-15(26(30)31)14(8-12)19(21,22)23/h2-8,29H,9-10H2,1H3,(H,24,27)(H,25,28)/t18-/m0/s1. The maximum absolute atomic E-state index is 13.1. The number of hydrogen-bond donors (Lipinski definition) is 3. The van der Waals surface area contributed by atoms with Gasteiger partial charge in [0.2, 0.25) is 5.91 Å². The highest BCUT2D eigenvalue weighted by atomic mass is 35.5. The topological polar surface area (TPSA) is 156 Å². The van der Waals surface area contributed by atoms with E-state index in [4.69, 9.17) is 11.6 Å². The number of benzene rings is 2. The van der Waals surface area contributed by atoms with E-state index in [1.165, 1.54) is 12.1 Å².